The van der Waals surface area contributed by atoms with Crippen LogP contribution in [0, 0.1) is 0 Å². The Hall–Kier alpha value is -0.211. The Bertz CT molecular complexity index is 458. The van der Waals surface area contributed by atoms with E-state index >= 15 is 0 Å². The molecule has 0 N–H and O–H groups in total. The second kappa shape index (κ2) is 8.65. The predicted octanol–water partition coefficient (Wildman–Crippen LogP) is 2.00. The Kier molecular flexibility index (Phi) is 7.30. The molecule has 3 atom stereocenters. The van der Waals surface area contributed by atoms with Crippen molar-refractivity contribution in [2.75, 3.05) is 20.8 Å². The number of ether oxygens (including phenoxy) is 4. The summed E-state index contributed by atoms with van der Waals surface area (Å²) in [5.41, 5.74) is 0. The summed E-state index contributed by atoms with van der Waals surface area (Å²) in [6.07, 6.45) is 1.20. The van der Waals surface area contributed by atoms with Crippen LogP contribution in [0.5, 0.6) is 0 Å². The van der Waals surface area contributed by atoms with Crippen LogP contribution in [0.25, 0.3) is 0 Å². The fraction of sp³-hybridized carbons (Fsp3) is 0.941. The van der Waals surface area contributed by atoms with Crippen molar-refractivity contribution >= 4 is 20.9 Å². The molecule has 7 nitrogen and oxygen atoms in total. The number of nitrogens with zero attached hydrogens (tertiary/aromatic N) is 1. The average Bonchev–Trinajstić information content (AvgIpc) is 3.04. The fourth-order valence-electron chi connectivity index (χ4n) is 3.00. The summed E-state index contributed by atoms with van der Waals surface area (Å²) in [7, 11) is 3.13. The van der Waals surface area contributed by atoms with Gasteiger partial charge in [-0.3, -0.25) is 0 Å². The maximum atomic E-state index is 11.7. The van der Waals surface area contributed by atoms with Crippen molar-refractivity contribution in [2.45, 2.75) is 81.1 Å². The van der Waals surface area contributed by atoms with Crippen LogP contribution in [0.2, 0.25) is 10.6 Å². The van der Waals surface area contributed by atoms with E-state index in [1.165, 1.54) is 12.2 Å². The van der Waals surface area contributed by atoms with Crippen LogP contribution in [0.3, 0.4) is 0 Å². The van der Waals surface area contributed by atoms with Gasteiger partial charge in [-0.25, -0.2) is 0 Å². The molecule has 2 aliphatic rings. The van der Waals surface area contributed by atoms with Gasteiger partial charge in [0.15, 0.2) is 0 Å². The van der Waals surface area contributed by atoms with Crippen LogP contribution in [0.1, 0.15) is 40.5 Å². The molecular formula is C17H31NO6Se. The Morgan fingerprint density at radius 2 is 1.88 bits per heavy atom. The number of hydroxylamine groups is 2. The number of hydrogen-bond acceptors (Lipinski definition) is 6. The first kappa shape index (κ1) is 21.1. The minimum atomic E-state index is -0.602. The third-order valence-corrected chi connectivity index (χ3v) is 6.38. The Morgan fingerprint density at radius 1 is 1.16 bits per heavy atom. The van der Waals surface area contributed by atoms with Crippen molar-refractivity contribution in [2.24, 2.45) is 0 Å². The molecule has 2 aliphatic heterocycles. The third kappa shape index (κ3) is 6.17. The molecule has 0 spiro atoms. The summed E-state index contributed by atoms with van der Waals surface area (Å²) in [5, 5.41) is 3.22. The summed E-state index contributed by atoms with van der Waals surface area (Å²) in [6, 6.07) is 0. The quantitative estimate of drug-likeness (QED) is 0.337. The van der Waals surface area contributed by atoms with E-state index in [1.54, 1.807) is 7.05 Å². The molecule has 25 heavy (non-hydrogen) atoms. The summed E-state index contributed by atoms with van der Waals surface area (Å²) >= 11 is 0.386. The fourth-order valence-corrected chi connectivity index (χ4v) is 4.93. The molecule has 146 valence electrons. The molecule has 2 heterocycles. The van der Waals surface area contributed by atoms with Gasteiger partial charge in [0, 0.05) is 0 Å². The number of rotatable bonds is 8. The Balaban J connectivity index is 1.76. The van der Waals surface area contributed by atoms with Crippen LogP contribution in [0.15, 0.2) is 0 Å². The summed E-state index contributed by atoms with van der Waals surface area (Å²) in [5.74, 6) is -1.15. The van der Waals surface area contributed by atoms with Crippen LogP contribution in [-0.2, 0) is 28.6 Å². The molecule has 0 radical (unpaired) electrons. The topological polar surface area (TPSA) is 66.5 Å². The zero-order valence-corrected chi connectivity index (χ0v) is 17.8. The molecule has 2 fully saturated rings. The van der Waals surface area contributed by atoms with Gasteiger partial charge in [-0.15, -0.1) is 0 Å². The van der Waals surface area contributed by atoms with Crippen LogP contribution in [0.4, 0.5) is 0 Å². The van der Waals surface area contributed by atoms with Gasteiger partial charge < -0.3 is 0 Å². The Labute approximate surface area is 156 Å². The summed E-state index contributed by atoms with van der Waals surface area (Å²) in [4.78, 5) is 16.6. The van der Waals surface area contributed by atoms with Gasteiger partial charge in [0.25, 0.3) is 0 Å². The van der Waals surface area contributed by atoms with Gasteiger partial charge in [-0.05, 0) is 0 Å². The molecule has 0 unspecified atom stereocenters. The van der Waals surface area contributed by atoms with Gasteiger partial charge in [-0.2, -0.15) is 0 Å². The van der Waals surface area contributed by atoms with Crippen molar-refractivity contribution in [1.29, 1.82) is 0 Å². The van der Waals surface area contributed by atoms with E-state index in [1.807, 2.05) is 27.7 Å². The standard InChI is InChI=1S/C17H31NO6Se/c1-16(2)21-11-13(23-16)15-12(22-17(3,4)24-15)7-9-25-10-8-14(19)18(5)20-6/h12-13,15H,7-11H2,1-6H3/t12-,13-,15+/m1/s1. The number of carbonyl (C=O) groups is 1. The van der Waals surface area contributed by atoms with Crippen molar-refractivity contribution < 1.29 is 28.6 Å². The van der Waals surface area contributed by atoms with Crippen LogP contribution < -0.4 is 0 Å². The molecular weight excluding hydrogens is 393 g/mol. The molecule has 2 saturated heterocycles. The van der Waals surface area contributed by atoms with E-state index in [0.717, 1.165) is 17.1 Å². The summed E-state index contributed by atoms with van der Waals surface area (Å²) < 4.78 is 23.8. The number of amides is 1. The number of hydrogen-bond donors (Lipinski definition) is 0. The molecule has 8 heteroatoms. The van der Waals surface area contributed by atoms with Gasteiger partial charge in [-0.1, -0.05) is 0 Å². The number of carbonyl (C=O) groups excluding carboxylic acids is 1. The molecule has 0 aliphatic carbocycles. The van der Waals surface area contributed by atoms with Crippen molar-refractivity contribution in [3.63, 3.8) is 0 Å². The van der Waals surface area contributed by atoms with E-state index in [-0.39, 0.29) is 24.2 Å². The second-order valence-electron chi connectivity index (χ2n) is 7.23. The molecule has 2 rings (SSSR count). The zero-order valence-electron chi connectivity index (χ0n) is 16.1. The first-order valence-electron chi connectivity index (χ1n) is 8.69. The first-order chi connectivity index (χ1) is 11.6. The molecule has 0 aromatic carbocycles. The van der Waals surface area contributed by atoms with Crippen molar-refractivity contribution in [3.05, 3.63) is 0 Å². The van der Waals surface area contributed by atoms with Gasteiger partial charge in [0.05, 0.1) is 0 Å². The normalized spacial score (nSPS) is 30.6. The molecule has 0 aromatic rings. The van der Waals surface area contributed by atoms with Crippen LogP contribution >= 0.6 is 0 Å². The van der Waals surface area contributed by atoms with E-state index in [2.05, 4.69) is 0 Å². The Morgan fingerprint density at radius 3 is 2.48 bits per heavy atom. The second-order valence-corrected chi connectivity index (χ2v) is 9.80. The molecule has 0 bridgehead atoms. The molecule has 0 aromatic heterocycles. The van der Waals surface area contributed by atoms with Crippen LogP contribution in [-0.4, -0.2) is 76.6 Å². The van der Waals surface area contributed by atoms with Crippen molar-refractivity contribution in [1.82, 2.24) is 5.06 Å². The van der Waals surface area contributed by atoms with E-state index in [9.17, 15) is 4.79 Å². The minimum absolute atomic E-state index is 0.00303. The average molecular weight is 424 g/mol. The van der Waals surface area contributed by atoms with E-state index in [0.29, 0.717) is 28.0 Å². The first-order valence-corrected chi connectivity index (χ1v) is 11.1. The predicted molar refractivity (Wildman–Crippen MR) is 93.1 cm³/mol. The van der Waals surface area contributed by atoms with Crippen molar-refractivity contribution in [3.8, 4) is 0 Å². The SMILES string of the molecule is CON(C)C(=O)CC[Se]CC[C@H]1OC(C)(C)O[C@@H]1[C@H]1COC(C)(C)O1. The molecule has 0 saturated carbocycles. The van der Waals surface area contributed by atoms with E-state index in [4.69, 9.17) is 23.8 Å². The monoisotopic (exact) mass is 425 g/mol. The summed E-state index contributed by atoms with van der Waals surface area (Å²) in [6.45, 7) is 8.23. The van der Waals surface area contributed by atoms with Gasteiger partial charge in [0.1, 0.15) is 0 Å². The van der Waals surface area contributed by atoms with E-state index < -0.39 is 11.6 Å². The maximum absolute atomic E-state index is 11.7. The zero-order chi connectivity index (χ0) is 18.7. The van der Waals surface area contributed by atoms with Gasteiger partial charge in [0.2, 0.25) is 0 Å². The van der Waals surface area contributed by atoms with Gasteiger partial charge >= 0.3 is 156 Å². The third-order valence-electron chi connectivity index (χ3n) is 4.25. The molecule has 1 amide bonds.